The van der Waals surface area contributed by atoms with Crippen LogP contribution in [0.1, 0.15) is 34.1 Å². The van der Waals surface area contributed by atoms with Gasteiger partial charge in [0.1, 0.15) is 18.5 Å². The van der Waals surface area contributed by atoms with E-state index in [4.69, 9.17) is 4.74 Å². The summed E-state index contributed by atoms with van der Waals surface area (Å²) in [5.74, 6) is 0.800. The number of nitrogens with zero attached hydrogens (tertiary/aromatic N) is 1. The van der Waals surface area contributed by atoms with Crippen LogP contribution in [0.2, 0.25) is 0 Å². The van der Waals surface area contributed by atoms with E-state index in [0.29, 0.717) is 13.2 Å². The molecule has 1 atom stereocenters. The fourth-order valence-electron chi connectivity index (χ4n) is 3.07. The SMILES string of the molecule is CC1(C)C=CCC(C)(C)N1CC(O)COc1ccccc1.Cl. The quantitative estimate of drug-likeness (QED) is 0.838. The van der Waals surface area contributed by atoms with Crippen molar-refractivity contribution in [1.82, 2.24) is 4.90 Å². The molecular weight excluding hydrogens is 298 g/mol. The molecule has 2 rings (SSSR count). The second kappa shape index (κ2) is 7.49. The Morgan fingerprint density at radius 3 is 2.41 bits per heavy atom. The molecule has 0 aromatic heterocycles. The Labute approximate surface area is 140 Å². The summed E-state index contributed by atoms with van der Waals surface area (Å²) in [4.78, 5) is 2.36. The van der Waals surface area contributed by atoms with Gasteiger partial charge in [-0.15, -0.1) is 12.4 Å². The number of aliphatic hydroxyl groups excluding tert-OH is 1. The minimum atomic E-state index is -0.504. The summed E-state index contributed by atoms with van der Waals surface area (Å²) in [7, 11) is 0. The van der Waals surface area contributed by atoms with Crippen molar-refractivity contribution in [2.45, 2.75) is 51.3 Å². The van der Waals surface area contributed by atoms with Crippen molar-refractivity contribution in [2.75, 3.05) is 13.2 Å². The Morgan fingerprint density at radius 2 is 1.82 bits per heavy atom. The largest absolute Gasteiger partial charge is 0.491 e. The Balaban J connectivity index is 0.00000242. The van der Waals surface area contributed by atoms with Crippen LogP contribution in [0.15, 0.2) is 42.5 Å². The first-order valence-electron chi connectivity index (χ1n) is 7.63. The minimum absolute atomic E-state index is 0. The second-order valence-corrected chi connectivity index (χ2v) is 6.96. The zero-order valence-electron chi connectivity index (χ0n) is 14.0. The second-order valence-electron chi connectivity index (χ2n) is 6.96. The van der Waals surface area contributed by atoms with Gasteiger partial charge in [-0.3, -0.25) is 4.90 Å². The lowest BCUT2D eigenvalue weighted by Crippen LogP contribution is -2.59. The Bertz CT molecular complexity index is 485. The summed E-state index contributed by atoms with van der Waals surface area (Å²) in [6.45, 7) is 9.75. The van der Waals surface area contributed by atoms with E-state index in [2.05, 4.69) is 44.7 Å². The maximum Gasteiger partial charge on any atom is 0.119 e. The van der Waals surface area contributed by atoms with E-state index in [-0.39, 0.29) is 23.5 Å². The molecule has 22 heavy (non-hydrogen) atoms. The third kappa shape index (κ3) is 4.73. The van der Waals surface area contributed by atoms with Gasteiger partial charge < -0.3 is 9.84 Å². The molecule has 1 heterocycles. The minimum Gasteiger partial charge on any atom is -0.491 e. The molecule has 0 spiro atoms. The third-order valence-corrected chi connectivity index (χ3v) is 4.15. The number of halogens is 1. The molecule has 1 aromatic rings. The maximum atomic E-state index is 10.3. The van der Waals surface area contributed by atoms with Gasteiger partial charge in [-0.2, -0.15) is 0 Å². The van der Waals surface area contributed by atoms with Gasteiger partial charge in [0.05, 0.1) is 0 Å². The molecule has 1 unspecified atom stereocenters. The average molecular weight is 326 g/mol. The zero-order valence-corrected chi connectivity index (χ0v) is 14.8. The Kier molecular flexibility index (Phi) is 6.48. The summed E-state index contributed by atoms with van der Waals surface area (Å²) < 4.78 is 5.65. The summed E-state index contributed by atoms with van der Waals surface area (Å²) in [5, 5.41) is 10.3. The molecule has 0 fully saturated rings. The van der Waals surface area contributed by atoms with Crippen LogP contribution in [0, 0.1) is 0 Å². The van der Waals surface area contributed by atoms with Gasteiger partial charge in [0.15, 0.2) is 0 Å². The Morgan fingerprint density at radius 1 is 1.18 bits per heavy atom. The van der Waals surface area contributed by atoms with Gasteiger partial charge in [0.2, 0.25) is 0 Å². The highest BCUT2D eigenvalue weighted by Crippen LogP contribution is 2.33. The molecule has 0 radical (unpaired) electrons. The highest BCUT2D eigenvalue weighted by atomic mass is 35.5. The first kappa shape index (κ1) is 19.0. The van der Waals surface area contributed by atoms with Crippen LogP contribution in [-0.2, 0) is 0 Å². The summed E-state index contributed by atoms with van der Waals surface area (Å²) >= 11 is 0. The van der Waals surface area contributed by atoms with Crippen molar-refractivity contribution in [3.05, 3.63) is 42.5 Å². The molecule has 1 N–H and O–H groups in total. The lowest BCUT2D eigenvalue weighted by molar-refractivity contribution is -0.0190. The molecule has 3 nitrogen and oxygen atoms in total. The number of β-amino-alcohol motifs (C(OH)–C–C–N with tert-alkyl or cyclic N) is 1. The molecule has 1 aliphatic rings. The smallest absolute Gasteiger partial charge is 0.119 e. The highest BCUT2D eigenvalue weighted by Gasteiger charge is 2.39. The molecule has 4 heteroatoms. The molecule has 1 aromatic carbocycles. The lowest BCUT2D eigenvalue weighted by atomic mass is 9.84. The van der Waals surface area contributed by atoms with Crippen LogP contribution in [0.25, 0.3) is 0 Å². The summed E-state index contributed by atoms with van der Waals surface area (Å²) in [6.07, 6.45) is 4.96. The van der Waals surface area contributed by atoms with Gasteiger partial charge in [-0.1, -0.05) is 30.4 Å². The van der Waals surface area contributed by atoms with Crippen molar-refractivity contribution in [3.8, 4) is 5.75 Å². The van der Waals surface area contributed by atoms with E-state index in [9.17, 15) is 5.11 Å². The fourth-order valence-corrected chi connectivity index (χ4v) is 3.07. The van der Waals surface area contributed by atoms with Crippen molar-refractivity contribution in [1.29, 1.82) is 0 Å². The molecule has 0 amide bonds. The number of rotatable bonds is 5. The normalized spacial score (nSPS) is 21.0. The van der Waals surface area contributed by atoms with Crippen molar-refractivity contribution in [2.24, 2.45) is 0 Å². The topological polar surface area (TPSA) is 32.7 Å². The molecule has 0 aliphatic carbocycles. The summed E-state index contributed by atoms with van der Waals surface area (Å²) in [6, 6.07) is 9.63. The van der Waals surface area contributed by atoms with Crippen LogP contribution in [0.3, 0.4) is 0 Å². The first-order chi connectivity index (χ1) is 9.81. The summed E-state index contributed by atoms with van der Waals surface area (Å²) in [5.41, 5.74) is 0.00144. The van der Waals surface area contributed by atoms with E-state index in [1.54, 1.807) is 0 Å². The van der Waals surface area contributed by atoms with Gasteiger partial charge in [-0.25, -0.2) is 0 Å². The molecule has 0 bridgehead atoms. The van der Waals surface area contributed by atoms with E-state index < -0.39 is 6.10 Å². The number of aliphatic hydroxyl groups is 1. The van der Waals surface area contributed by atoms with Crippen molar-refractivity contribution >= 4 is 12.4 Å². The van der Waals surface area contributed by atoms with Crippen LogP contribution in [0.5, 0.6) is 5.75 Å². The predicted molar refractivity (Wildman–Crippen MR) is 93.8 cm³/mol. The maximum absolute atomic E-state index is 10.3. The van der Waals surface area contributed by atoms with E-state index in [0.717, 1.165) is 12.2 Å². The van der Waals surface area contributed by atoms with E-state index in [1.807, 2.05) is 30.3 Å². The monoisotopic (exact) mass is 325 g/mol. The standard InChI is InChI=1S/C18H27NO2.ClH/c1-17(2)11-8-12-18(3,4)19(17)13-15(20)14-21-16-9-6-5-7-10-16;/h5-11,15,20H,12-14H2,1-4H3;1H. The Hall–Kier alpha value is -1.03. The first-order valence-corrected chi connectivity index (χ1v) is 7.63. The van der Waals surface area contributed by atoms with Crippen molar-refractivity contribution < 1.29 is 9.84 Å². The van der Waals surface area contributed by atoms with Gasteiger partial charge in [0, 0.05) is 17.6 Å². The van der Waals surface area contributed by atoms with Crippen LogP contribution in [-0.4, -0.2) is 40.3 Å². The van der Waals surface area contributed by atoms with Gasteiger partial charge in [-0.05, 0) is 46.2 Å². The van der Waals surface area contributed by atoms with Crippen LogP contribution in [0.4, 0.5) is 0 Å². The number of ether oxygens (including phenoxy) is 1. The number of hydrogen-bond acceptors (Lipinski definition) is 3. The lowest BCUT2D eigenvalue weighted by Gasteiger charge is -2.50. The number of benzene rings is 1. The predicted octanol–water partition coefficient (Wildman–Crippen LogP) is 3.67. The van der Waals surface area contributed by atoms with Gasteiger partial charge >= 0.3 is 0 Å². The highest BCUT2D eigenvalue weighted by molar-refractivity contribution is 5.85. The molecule has 0 saturated carbocycles. The fraction of sp³-hybridized carbons (Fsp3) is 0.556. The molecule has 0 saturated heterocycles. The number of hydrogen-bond donors (Lipinski definition) is 1. The van der Waals surface area contributed by atoms with Crippen molar-refractivity contribution in [3.63, 3.8) is 0 Å². The van der Waals surface area contributed by atoms with E-state index >= 15 is 0 Å². The van der Waals surface area contributed by atoms with Gasteiger partial charge in [0.25, 0.3) is 0 Å². The molecule has 1 aliphatic heterocycles. The third-order valence-electron chi connectivity index (χ3n) is 4.15. The van der Waals surface area contributed by atoms with Crippen LogP contribution < -0.4 is 4.74 Å². The van der Waals surface area contributed by atoms with E-state index in [1.165, 1.54) is 0 Å². The zero-order chi connectivity index (χ0) is 15.5. The molecular formula is C18H28ClNO2. The van der Waals surface area contributed by atoms with Crippen LogP contribution >= 0.6 is 12.4 Å². The number of para-hydroxylation sites is 1. The average Bonchev–Trinajstić information content (AvgIpc) is 2.41. The molecule has 124 valence electrons.